The predicted octanol–water partition coefficient (Wildman–Crippen LogP) is 2.93. The lowest BCUT2D eigenvalue weighted by Crippen LogP contribution is -2.47. The first-order valence-electron chi connectivity index (χ1n) is 10.4. The molecular formula is C23H25FN4O2. The highest BCUT2D eigenvalue weighted by Crippen LogP contribution is 2.36. The number of halogens is 1. The lowest BCUT2D eigenvalue weighted by molar-refractivity contribution is 0.00361. The van der Waals surface area contributed by atoms with Crippen LogP contribution in [0.2, 0.25) is 0 Å². The molecule has 0 bridgehead atoms. The third-order valence-electron chi connectivity index (χ3n) is 6.27. The van der Waals surface area contributed by atoms with Crippen molar-refractivity contribution in [3.05, 3.63) is 53.5 Å². The molecule has 0 unspecified atom stereocenters. The molecule has 0 radical (unpaired) electrons. The summed E-state index contributed by atoms with van der Waals surface area (Å²) >= 11 is 0. The van der Waals surface area contributed by atoms with Crippen molar-refractivity contribution in [1.82, 2.24) is 20.0 Å². The summed E-state index contributed by atoms with van der Waals surface area (Å²) in [6.45, 7) is 5.32. The summed E-state index contributed by atoms with van der Waals surface area (Å²) in [7, 11) is 1.92. The maximum atomic E-state index is 14.3. The van der Waals surface area contributed by atoms with Gasteiger partial charge in [0.15, 0.2) is 0 Å². The molecule has 1 aromatic heterocycles. The van der Waals surface area contributed by atoms with Crippen LogP contribution in [0.3, 0.4) is 0 Å². The van der Waals surface area contributed by atoms with Crippen LogP contribution in [0.4, 0.5) is 4.39 Å². The Morgan fingerprint density at radius 2 is 2.07 bits per heavy atom. The van der Waals surface area contributed by atoms with Crippen LogP contribution in [0.25, 0.3) is 22.0 Å². The molecule has 1 atom stereocenters. The lowest BCUT2D eigenvalue weighted by atomic mass is 9.88. The van der Waals surface area contributed by atoms with E-state index in [9.17, 15) is 9.18 Å². The molecule has 2 aliphatic heterocycles. The number of carbonyl (C=O) groups is 1. The van der Waals surface area contributed by atoms with Crippen LogP contribution in [-0.2, 0) is 11.8 Å². The number of amides is 1. The number of ether oxygens (including phenoxy) is 1. The smallest absolute Gasteiger partial charge is 0.254 e. The van der Waals surface area contributed by atoms with E-state index in [0.29, 0.717) is 31.2 Å². The van der Waals surface area contributed by atoms with Gasteiger partial charge in [-0.2, -0.15) is 5.10 Å². The minimum atomic E-state index is -0.412. The van der Waals surface area contributed by atoms with Gasteiger partial charge in [0.2, 0.25) is 0 Å². The Bertz CT molecular complexity index is 1120. The Morgan fingerprint density at radius 3 is 2.80 bits per heavy atom. The first-order chi connectivity index (χ1) is 14.5. The number of rotatable bonds is 3. The third kappa shape index (κ3) is 3.18. The van der Waals surface area contributed by atoms with Crippen LogP contribution in [0.5, 0.6) is 0 Å². The zero-order chi connectivity index (χ0) is 20.8. The maximum absolute atomic E-state index is 14.3. The summed E-state index contributed by atoms with van der Waals surface area (Å²) in [5, 5.41) is 8.71. The number of nitrogens with zero attached hydrogens (tertiary/aromatic N) is 3. The summed E-state index contributed by atoms with van der Waals surface area (Å²) in [6, 6.07) is 8.77. The molecule has 2 aromatic carbocycles. The lowest BCUT2D eigenvalue weighted by Gasteiger charge is -2.34. The van der Waals surface area contributed by atoms with Crippen LogP contribution < -0.4 is 5.32 Å². The zero-order valence-corrected chi connectivity index (χ0v) is 17.2. The van der Waals surface area contributed by atoms with Crippen molar-refractivity contribution in [3.8, 4) is 11.1 Å². The second-order valence-electron chi connectivity index (χ2n) is 8.24. The van der Waals surface area contributed by atoms with Gasteiger partial charge in [-0.3, -0.25) is 9.48 Å². The van der Waals surface area contributed by atoms with E-state index in [4.69, 9.17) is 4.74 Å². The highest BCUT2D eigenvalue weighted by molar-refractivity contribution is 6.05. The first kappa shape index (κ1) is 19.2. The van der Waals surface area contributed by atoms with Crippen molar-refractivity contribution in [2.45, 2.75) is 18.9 Å². The molecular weight excluding hydrogens is 383 g/mol. The van der Waals surface area contributed by atoms with Crippen molar-refractivity contribution in [2.24, 2.45) is 7.05 Å². The Morgan fingerprint density at radius 1 is 1.23 bits per heavy atom. The Balaban J connectivity index is 1.67. The fourth-order valence-electron chi connectivity index (χ4n) is 4.36. The zero-order valence-electron chi connectivity index (χ0n) is 17.2. The fourth-order valence-corrected chi connectivity index (χ4v) is 4.36. The fraction of sp³-hybridized carbons (Fsp3) is 0.391. The second-order valence-corrected chi connectivity index (χ2v) is 8.24. The molecule has 1 amide bonds. The molecule has 3 aromatic rings. The van der Waals surface area contributed by atoms with Crippen molar-refractivity contribution < 1.29 is 13.9 Å². The molecule has 30 heavy (non-hydrogen) atoms. The summed E-state index contributed by atoms with van der Waals surface area (Å²) in [5.74, 6) is -0.139. The van der Waals surface area contributed by atoms with Gasteiger partial charge < -0.3 is 15.0 Å². The van der Waals surface area contributed by atoms with Gasteiger partial charge in [-0.25, -0.2) is 4.39 Å². The molecule has 0 aliphatic carbocycles. The number of nitrogens with one attached hydrogen (secondary N) is 1. The van der Waals surface area contributed by atoms with Gasteiger partial charge in [0.05, 0.1) is 36.5 Å². The summed E-state index contributed by atoms with van der Waals surface area (Å²) in [5.41, 5.74) is 4.27. The minimum absolute atomic E-state index is 0.0480. The van der Waals surface area contributed by atoms with Gasteiger partial charge in [-0.15, -0.1) is 0 Å². The number of benzene rings is 2. The van der Waals surface area contributed by atoms with Crippen LogP contribution in [0.1, 0.15) is 28.8 Å². The van der Waals surface area contributed by atoms with Crippen LogP contribution in [0.15, 0.2) is 36.5 Å². The SMILES string of the molecule is C[C@@H]1COCCN1C(=O)c1cc(F)ccc1-c1cc(C2CNC2)cc2c1cnn2C. The number of fused-ring (bicyclic) bond motifs is 1. The number of carbonyl (C=O) groups excluding carboxylic acids is 1. The molecule has 1 N–H and O–H groups in total. The van der Waals surface area contributed by atoms with E-state index in [0.717, 1.165) is 35.1 Å². The molecule has 2 aliphatic rings. The van der Waals surface area contributed by atoms with Crippen molar-refractivity contribution in [2.75, 3.05) is 32.8 Å². The van der Waals surface area contributed by atoms with E-state index in [2.05, 4.69) is 22.5 Å². The van der Waals surface area contributed by atoms with Crippen LogP contribution in [0, 0.1) is 5.82 Å². The topological polar surface area (TPSA) is 59.4 Å². The van der Waals surface area contributed by atoms with E-state index >= 15 is 0 Å². The number of hydrogen-bond acceptors (Lipinski definition) is 4. The summed E-state index contributed by atoms with van der Waals surface area (Å²) in [4.78, 5) is 15.2. The van der Waals surface area contributed by atoms with E-state index in [1.54, 1.807) is 11.0 Å². The highest BCUT2D eigenvalue weighted by Gasteiger charge is 2.28. The van der Waals surface area contributed by atoms with Crippen molar-refractivity contribution >= 4 is 16.8 Å². The molecule has 0 spiro atoms. The molecule has 156 valence electrons. The minimum Gasteiger partial charge on any atom is -0.377 e. The monoisotopic (exact) mass is 408 g/mol. The quantitative estimate of drug-likeness (QED) is 0.724. The standard InChI is InChI=1S/C23H25FN4O2/c1-14-13-30-6-5-28(14)23(29)20-9-17(24)3-4-18(20)19-7-15(16-10-25-11-16)8-22-21(19)12-26-27(22)2/h3-4,7-9,12,14,16,25H,5-6,10-11,13H2,1-2H3/t14-/m1/s1. The van der Waals surface area contributed by atoms with Gasteiger partial charge in [-0.1, -0.05) is 6.07 Å². The van der Waals surface area contributed by atoms with Gasteiger partial charge >= 0.3 is 0 Å². The summed E-state index contributed by atoms with van der Waals surface area (Å²) in [6.07, 6.45) is 1.82. The average Bonchev–Trinajstić information content (AvgIpc) is 3.07. The van der Waals surface area contributed by atoms with E-state index < -0.39 is 5.82 Å². The van der Waals surface area contributed by atoms with E-state index in [-0.39, 0.29) is 11.9 Å². The van der Waals surface area contributed by atoms with Gasteiger partial charge in [0.1, 0.15) is 5.82 Å². The number of morpholine rings is 1. The van der Waals surface area contributed by atoms with Gasteiger partial charge in [0, 0.05) is 38.0 Å². The van der Waals surface area contributed by atoms with Gasteiger partial charge in [-0.05, 0) is 47.9 Å². The Kier molecular flexibility index (Phi) is 4.79. The number of aromatic nitrogens is 2. The molecule has 2 saturated heterocycles. The molecule has 5 rings (SSSR count). The number of hydrogen-bond donors (Lipinski definition) is 1. The first-order valence-corrected chi connectivity index (χ1v) is 10.4. The second kappa shape index (κ2) is 7.49. The Hall–Kier alpha value is -2.77. The predicted molar refractivity (Wildman–Crippen MR) is 113 cm³/mol. The third-order valence-corrected chi connectivity index (χ3v) is 6.27. The van der Waals surface area contributed by atoms with Crippen LogP contribution >= 0.6 is 0 Å². The van der Waals surface area contributed by atoms with Gasteiger partial charge in [0.25, 0.3) is 5.91 Å². The van der Waals surface area contributed by atoms with Crippen molar-refractivity contribution in [1.29, 1.82) is 0 Å². The van der Waals surface area contributed by atoms with E-state index in [1.165, 1.54) is 17.7 Å². The largest absolute Gasteiger partial charge is 0.377 e. The summed E-state index contributed by atoms with van der Waals surface area (Å²) < 4.78 is 21.6. The molecule has 7 heteroatoms. The normalized spacial score (nSPS) is 19.8. The molecule has 3 heterocycles. The maximum Gasteiger partial charge on any atom is 0.254 e. The molecule has 0 saturated carbocycles. The van der Waals surface area contributed by atoms with Crippen molar-refractivity contribution in [3.63, 3.8) is 0 Å². The Labute approximate surface area is 174 Å². The van der Waals surface area contributed by atoms with Crippen LogP contribution in [-0.4, -0.2) is 59.5 Å². The molecule has 2 fully saturated rings. The molecule has 6 nitrogen and oxygen atoms in total. The number of aryl methyl sites for hydroxylation is 1. The van der Waals surface area contributed by atoms with E-state index in [1.807, 2.05) is 24.9 Å². The highest BCUT2D eigenvalue weighted by atomic mass is 19.1. The average molecular weight is 408 g/mol.